The van der Waals surface area contributed by atoms with Gasteiger partial charge in [0.15, 0.2) is 8.32 Å². The summed E-state index contributed by atoms with van der Waals surface area (Å²) in [6.07, 6.45) is -2.01. The van der Waals surface area contributed by atoms with Gasteiger partial charge in [-0.2, -0.15) is 0 Å². The number of carbonyl (C=O) groups is 1. The molecule has 0 aromatic heterocycles. The molecule has 4 atom stereocenters. The molecular formula is C37H58O8Si. The Bertz CT molecular complexity index is 1180. The van der Waals surface area contributed by atoms with E-state index in [0.717, 1.165) is 16.9 Å². The number of aliphatic hydroxyl groups is 1. The minimum absolute atomic E-state index is 0.00713. The van der Waals surface area contributed by atoms with Crippen molar-refractivity contribution < 1.29 is 38.0 Å². The smallest absolute Gasteiger partial charge is 0.311 e. The van der Waals surface area contributed by atoms with E-state index in [1.807, 2.05) is 82.3 Å². The van der Waals surface area contributed by atoms with Crippen LogP contribution in [0.4, 0.5) is 0 Å². The molecule has 0 aliphatic carbocycles. The lowest BCUT2D eigenvalue weighted by atomic mass is 9.96. The van der Waals surface area contributed by atoms with Crippen LogP contribution in [0.1, 0.15) is 72.4 Å². The van der Waals surface area contributed by atoms with Crippen LogP contribution in [0.15, 0.2) is 66.7 Å². The summed E-state index contributed by atoms with van der Waals surface area (Å²) >= 11 is 0. The van der Waals surface area contributed by atoms with Crippen LogP contribution in [-0.2, 0) is 41.4 Å². The van der Waals surface area contributed by atoms with Crippen molar-refractivity contribution in [1.82, 2.24) is 0 Å². The van der Waals surface area contributed by atoms with Crippen molar-refractivity contribution in [2.75, 3.05) is 20.5 Å². The summed E-state index contributed by atoms with van der Waals surface area (Å²) in [6, 6.07) is 17.5. The molecule has 9 heteroatoms. The van der Waals surface area contributed by atoms with Crippen LogP contribution in [0.3, 0.4) is 0 Å². The molecule has 0 saturated heterocycles. The molecule has 0 heterocycles. The van der Waals surface area contributed by atoms with Crippen molar-refractivity contribution in [1.29, 1.82) is 0 Å². The summed E-state index contributed by atoms with van der Waals surface area (Å²) in [6.45, 7) is 23.4. The molecule has 0 saturated carbocycles. The number of methoxy groups -OCH3 is 1. The summed E-state index contributed by atoms with van der Waals surface area (Å²) in [7, 11) is -0.476. The summed E-state index contributed by atoms with van der Waals surface area (Å²) in [5.74, 6) is 0.426. The Labute approximate surface area is 278 Å². The van der Waals surface area contributed by atoms with Gasteiger partial charge in [0.05, 0.1) is 44.6 Å². The van der Waals surface area contributed by atoms with Gasteiger partial charge in [-0.3, -0.25) is 4.79 Å². The van der Waals surface area contributed by atoms with Gasteiger partial charge in [0.25, 0.3) is 0 Å². The van der Waals surface area contributed by atoms with Crippen molar-refractivity contribution in [2.24, 2.45) is 5.41 Å². The van der Waals surface area contributed by atoms with Gasteiger partial charge in [0.1, 0.15) is 24.8 Å². The first-order valence-corrected chi connectivity index (χ1v) is 19.0. The molecule has 0 bridgehead atoms. The summed E-state index contributed by atoms with van der Waals surface area (Å²) in [4.78, 5) is 12.9. The molecule has 0 spiro atoms. The molecule has 0 fully saturated rings. The van der Waals surface area contributed by atoms with Crippen molar-refractivity contribution in [3.63, 3.8) is 0 Å². The zero-order valence-corrected chi connectivity index (χ0v) is 30.8. The lowest BCUT2D eigenvalue weighted by Crippen LogP contribution is -2.45. The first kappa shape index (κ1) is 39.6. The SMILES string of the molecule is C=C(C[C@@H](O)[C@@H](CO[Si](C)(C)C(C)(C)C)OCc1ccc(OC)cc1)C[C@@H](OC(=O)C(C)(C)C)[C@@H](C)OCOCc1ccccc1. The third-order valence-electron chi connectivity index (χ3n) is 8.37. The third kappa shape index (κ3) is 13.7. The first-order chi connectivity index (χ1) is 21.4. The third-order valence-corrected chi connectivity index (χ3v) is 12.9. The van der Waals surface area contributed by atoms with Gasteiger partial charge in [-0.05, 0) is 75.5 Å². The monoisotopic (exact) mass is 658 g/mol. The quantitative estimate of drug-likeness (QED) is 0.0537. The molecule has 2 aromatic rings. The van der Waals surface area contributed by atoms with E-state index in [9.17, 15) is 9.90 Å². The lowest BCUT2D eigenvalue weighted by molar-refractivity contribution is -0.174. The highest BCUT2D eigenvalue weighted by Crippen LogP contribution is 2.37. The predicted molar refractivity (Wildman–Crippen MR) is 185 cm³/mol. The molecule has 0 amide bonds. The van der Waals surface area contributed by atoms with Gasteiger partial charge in [0.2, 0.25) is 0 Å². The Hall–Kier alpha value is -2.53. The van der Waals surface area contributed by atoms with Crippen LogP contribution in [0, 0.1) is 5.41 Å². The van der Waals surface area contributed by atoms with Gasteiger partial charge in [-0.15, -0.1) is 0 Å². The van der Waals surface area contributed by atoms with Crippen LogP contribution in [-0.4, -0.2) is 64.3 Å². The summed E-state index contributed by atoms with van der Waals surface area (Å²) < 4.78 is 35.6. The van der Waals surface area contributed by atoms with Gasteiger partial charge in [-0.25, -0.2) is 0 Å². The number of carbonyl (C=O) groups excluding carboxylic acids is 1. The minimum atomic E-state index is -2.11. The molecule has 0 radical (unpaired) electrons. The second kappa shape index (κ2) is 18.1. The summed E-state index contributed by atoms with van der Waals surface area (Å²) in [5, 5.41) is 11.5. The van der Waals surface area contributed by atoms with E-state index >= 15 is 0 Å². The van der Waals surface area contributed by atoms with E-state index in [4.69, 9.17) is 28.1 Å². The Balaban J connectivity index is 2.10. The standard InChI is InChI=1S/C37H58O8Si/c1-27(22-33(45-35(39)36(3,4)5)28(2)43-26-41-23-29-15-13-12-14-16-29)21-32(38)34(25-44-46(10,11)37(6,7)8)42-24-30-17-19-31(40-9)20-18-30/h12-20,28,32-34,38H,1,21-26H2,2-11H3/t28-,32-,33-,34-/m1/s1. The van der Waals surface area contributed by atoms with Crippen LogP contribution in [0.25, 0.3) is 0 Å². The Morgan fingerprint density at radius 3 is 2.04 bits per heavy atom. The normalized spacial score (nSPS) is 15.1. The Kier molecular flexibility index (Phi) is 15.6. The van der Waals surface area contributed by atoms with Gasteiger partial charge < -0.3 is 33.2 Å². The number of hydrogen-bond acceptors (Lipinski definition) is 8. The van der Waals surface area contributed by atoms with Gasteiger partial charge in [0, 0.05) is 6.42 Å². The molecule has 2 rings (SSSR count). The molecule has 8 nitrogen and oxygen atoms in total. The average molecular weight is 659 g/mol. The number of benzene rings is 2. The van der Waals surface area contributed by atoms with Crippen molar-refractivity contribution in [2.45, 2.75) is 117 Å². The molecule has 2 aromatic carbocycles. The van der Waals surface area contributed by atoms with E-state index in [-0.39, 0.29) is 30.8 Å². The number of hydrogen-bond donors (Lipinski definition) is 1. The highest BCUT2D eigenvalue weighted by molar-refractivity contribution is 6.74. The maximum Gasteiger partial charge on any atom is 0.311 e. The predicted octanol–water partition coefficient (Wildman–Crippen LogP) is 7.84. The maximum atomic E-state index is 12.9. The second-order valence-electron chi connectivity index (χ2n) is 14.5. The zero-order valence-electron chi connectivity index (χ0n) is 29.8. The number of aliphatic hydroxyl groups excluding tert-OH is 1. The molecule has 1 N–H and O–H groups in total. The van der Waals surface area contributed by atoms with Crippen molar-refractivity contribution in [3.8, 4) is 5.75 Å². The lowest BCUT2D eigenvalue weighted by Gasteiger charge is -2.38. The van der Waals surface area contributed by atoms with Crippen LogP contribution in [0.2, 0.25) is 18.1 Å². The highest BCUT2D eigenvalue weighted by atomic mass is 28.4. The topological polar surface area (TPSA) is 92.7 Å². The minimum Gasteiger partial charge on any atom is -0.497 e. The van der Waals surface area contributed by atoms with E-state index in [1.54, 1.807) is 7.11 Å². The molecule has 46 heavy (non-hydrogen) atoms. The molecule has 0 unspecified atom stereocenters. The van der Waals surface area contributed by atoms with Crippen LogP contribution >= 0.6 is 0 Å². The highest BCUT2D eigenvalue weighted by Gasteiger charge is 2.38. The van der Waals surface area contributed by atoms with E-state index in [0.29, 0.717) is 25.2 Å². The van der Waals surface area contributed by atoms with E-state index < -0.39 is 38.1 Å². The number of ether oxygens (including phenoxy) is 5. The van der Waals surface area contributed by atoms with Crippen molar-refractivity contribution >= 4 is 14.3 Å². The number of rotatable bonds is 19. The van der Waals surface area contributed by atoms with Gasteiger partial charge in [-0.1, -0.05) is 75.4 Å². The second-order valence-corrected chi connectivity index (χ2v) is 19.3. The molecule has 0 aliphatic heterocycles. The molecule has 258 valence electrons. The fourth-order valence-corrected chi connectivity index (χ4v) is 5.13. The fraction of sp³-hybridized carbons (Fsp3) is 0.595. The van der Waals surface area contributed by atoms with Crippen LogP contribution < -0.4 is 4.74 Å². The van der Waals surface area contributed by atoms with E-state index in [1.165, 1.54) is 0 Å². The van der Waals surface area contributed by atoms with Crippen molar-refractivity contribution in [3.05, 3.63) is 77.9 Å². The summed E-state index contributed by atoms with van der Waals surface area (Å²) in [5.41, 5.74) is 2.02. The maximum absolute atomic E-state index is 12.9. The number of esters is 1. The average Bonchev–Trinajstić information content (AvgIpc) is 2.98. The van der Waals surface area contributed by atoms with Gasteiger partial charge >= 0.3 is 5.97 Å². The van der Waals surface area contributed by atoms with E-state index in [2.05, 4.69) is 40.4 Å². The zero-order chi connectivity index (χ0) is 34.5. The molecule has 0 aliphatic rings. The Morgan fingerprint density at radius 2 is 1.48 bits per heavy atom. The Morgan fingerprint density at radius 1 is 0.870 bits per heavy atom. The largest absolute Gasteiger partial charge is 0.497 e. The molecular weight excluding hydrogens is 600 g/mol. The fourth-order valence-electron chi connectivity index (χ4n) is 4.11. The first-order valence-electron chi connectivity index (χ1n) is 16.1. The van der Waals surface area contributed by atoms with Crippen LogP contribution in [0.5, 0.6) is 5.75 Å².